The first-order chi connectivity index (χ1) is 13.8. The molecule has 0 unspecified atom stereocenters. The number of phenols is 2. The molecule has 29 heavy (non-hydrogen) atoms. The van der Waals surface area contributed by atoms with Gasteiger partial charge in [-0.3, -0.25) is 0 Å². The van der Waals surface area contributed by atoms with Crippen LogP contribution >= 0.6 is 0 Å². The third-order valence-corrected chi connectivity index (χ3v) is 5.22. The average molecular weight is 385 g/mol. The summed E-state index contributed by atoms with van der Waals surface area (Å²) in [5.74, 6) is 0.0742. The summed E-state index contributed by atoms with van der Waals surface area (Å²) in [5.41, 5.74) is 11.2. The van der Waals surface area contributed by atoms with Gasteiger partial charge in [-0.1, -0.05) is 29.8 Å². The van der Waals surface area contributed by atoms with Crippen molar-refractivity contribution < 1.29 is 10.2 Å². The predicted molar refractivity (Wildman–Crippen MR) is 119 cm³/mol. The summed E-state index contributed by atoms with van der Waals surface area (Å²) in [4.78, 5) is 0. The highest BCUT2D eigenvalue weighted by molar-refractivity contribution is 6.02. The standard InChI is InChI=1S/C24H23N3O2/c1-12-7-14(3)20-16(8-12)5-6-19(23(20)28)26-27-22-15(4)11-17-9-13(2)10-18(25)21(17)24(22)29/h5-11,28-29H,25H2,1-4H3. The van der Waals surface area contributed by atoms with Crippen LogP contribution in [0.15, 0.2) is 52.7 Å². The maximum Gasteiger partial charge on any atom is 0.153 e. The van der Waals surface area contributed by atoms with Gasteiger partial charge in [0.1, 0.15) is 11.4 Å². The number of azo groups is 1. The zero-order chi connectivity index (χ0) is 20.9. The fourth-order valence-electron chi connectivity index (χ4n) is 3.98. The van der Waals surface area contributed by atoms with E-state index in [1.165, 1.54) is 0 Å². The molecule has 4 N–H and O–H groups in total. The molecule has 5 heteroatoms. The molecule has 4 rings (SSSR count). The van der Waals surface area contributed by atoms with Gasteiger partial charge in [-0.05, 0) is 73.4 Å². The summed E-state index contributed by atoms with van der Waals surface area (Å²) < 4.78 is 0. The van der Waals surface area contributed by atoms with Crippen molar-refractivity contribution in [1.29, 1.82) is 0 Å². The molecule has 0 spiro atoms. The Hall–Kier alpha value is -3.60. The van der Waals surface area contributed by atoms with E-state index in [2.05, 4.69) is 10.2 Å². The Morgan fingerprint density at radius 3 is 2.14 bits per heavy atom. The third-order valence-electron chi connectivity index (χ3n) is 5.22. The van der Waals surface area contributed by atoms with E-state index >= 15 is 0 Å². The van der Waals surface area contributed by atoms with Gasteiger partial charge in [-0.15, -0.1) is 10.2 Å². The number of hydrogen-bond acceptors (Lipinski definition) is 5. The minimum absolute atomic E-state index is 0.00617. The van der Waals surface area contributed by atoms with Crippen molar-refractivity contribution in [2.75, 3.05) is 5.73 Å². The molecule has 0 aliphatic carbocycles. The second kappa shape index (κ2) is 6.78. The quantitative estimate of drug-likeness (QED) is 0.267. The van der Waals surface area contributed by atoms with Crippen molar-refractivity contribution in [3.05, 3.63) is 64.7 Å². The number of nitrogens with zero attached hydrogens (tertiary/aromatic N) is 2. The fourth-order valence-corrected chi connectivity index (χ4v) is 3.98. The second-order valence-electron chi connectivity index (χ2n) is 7.66. The Balaban J connectivity index is 1.86. The zero-order valence-corrected chi connectivity index (χ0v) is 16.9. The summed E-state index contributed by atoms with van der Waals surface area (Å²) >= 11 is 0. The summed E-state index contributed by atoms with van der Waals surface area (Å²) in [6.45, 7) is 7.80. The normalized spacial score (nSPS) is 11.7. The van der Waals surface area contributed by atoms with Crippen molar-refractivity contribution in [2.45, 2.75) is 27.7 Å². The minimum Gasteiger partial charge on any atom is -0.505 e. The summed E-state index contributed by atoms with van der Waals surface area (Å²) in [5, 5.41) is 33.2. The first kappa shape index (κ1) is 18.7. The lowest BCUT2D eigenvalue weighted by atomic mass is 10.0. The van der Waals surface area contributed by atoms with Crippen LogP contribution in [0.25, 0.3) is 21.5 Å². The Morgan fingerprint density at radius 1 is 0.690 bits per heavy atom. The van der Waals surface area contributed by atoms with Crippen LogP contribution in [0, 0.1) is 27.7 Å². The van der Waals surface area contributed by atoms with Crippen LogP contribution in [-0.2, 0) is 0 Å². The van der Waals surface area contributed by atoms with Gasteiger partial charge >= 0.3 is 0 Å². The molecule has 0 heterocycles. The van der Waals surface area contributed by atoms with E-state index in [0.29, 0.717) is 22.4 Å². The van der Waals surface area contributed by atoms with Crippen molar-refractivity contribution >= 4 is 38.6 Å². The van der Waals surface area contributed by atoms with Gasteiger partial charge in [0.15, 0.2) is 11.5 Å². The van der Waals surface area contributed by atoms with Gasteiger partial charge in [0, 0.05) is 16.5 Å². The van der Waals surface area contributed by atoms with Crippen molar-refractivity contribution in [1.82, 2.24) is 0 Å². The average Bonchev–Trinajstić information content (AvgIpc) is 2.61. The van der Waals surface area contributed by atoms with Crippen LogP contribution in [0.1, 0.15) is 22.3 Å². The van der Waals surface area contributed by atoms with Gasteiger partial charge in [0.25, 0.3) is 0 Å². The highest BCUT2D eigenvalue weighted by atomic mass is 16.3. The number of hydrogen-bond donors (Lipinski definition) is 3. The van der Waals surface area contributed by atoms with E-state index in [4.69, 9.17) is 5.73 Å². The Bertz CT molecular complexity index is 1320. The first-order valence-electron chi connectivity index (χ1n) is 9.43. The highest BCUT2D eigenvalue weighted by Gasteiger charge is 2.14. The molecule has 0 saturated carbocycles. The molecular formula is C24H23N3O2. The maximum atomic E-state index is 10.8. The number of nitrogens with two attached hydrogens (primary N) is 1. The smallest absolute Gasteiger partial charge is 0.153 e. The third kappa shape index (κ3) is 3.14. The lowest BCUT2D eigenvalue weighted by Crippen LogP contribution is -1.90. The lowest BCUT2D eigenvalue weighted by molar-refractivity contribution is 0.480. The van der Waals surface area contributed by atoms with Crippen LogP contribution < -0.4 is 5.73 Å². The summed E-state index contributed by atoms with van der Waals surface area (Å²) in [6.07, 6.45) is 0. The van der Waals surface area contributed by atoms with E-state index in [1.807, 2.05) is 64.1 Å². The topological polar surface area (TPSA) is 91.2 Å². The number of anilines is 1. The fraction of sp³-hybridized carbons (Fsp3) is 0.167. The molecule has 0 radical (unpaired) electrons. The Morgan fingerprint density at radius 2 is 1.38 bits per heavy atom. The molecule has 0 atom stereocenters. The number of fused-ring (bicyclic) bond motifs is 2. The van der Waals surface area contributed by atoms with Crippen LogP contribution in [0.5, 0.6) is 11.5 Å². The molecule has 0 aromatic heterocycles. The number of phenolic OH excluding ortho intramolecular Hbond substituents is 2. The molecule has 0 aliphatic heterocycles. The molecule has 0 bridgehead atoms. The summed E-state index contributed by atoms with van der Waals surface area (Å²) in [7, 11) is 0. The summed E-state index contributed by atoms with van der Waals surface area (Å²) in [6, 6.07) is 13.4. The molecule has 0 aliphatic rings. The minimum atomic E-state index is -0.00617. The van der Waals surface area contributed by atoms with Crippen LogP contribution in [-0.4, -0.2) is 10.2 Å². The van der Waals surface area contributed by atoms with E-state index in [9.17, 15) is 10.2 Å². The van der Waals surface area contributed by atoms with Gasteiger partial charge in [0.05, 0.1) is 0 Å². The van der Waals surface area contributed by atoms with Gasteiger partial charge in [-0.25, -0.2) is 0 Å². The van der Waals surface area contributed by atoms with Gasteiger partial charge in [0.2, 0.25) is 0 Å². The first-order valence-corrected chi connectivity index (χ1v) is 9.43. The number of aromatic hydroxyl groups is 2. The monoisotopic (exact) mass is 385 g/mol. The molecule has 4 aromatic carbocycles. The molecule has 0 saturated heterocycles. The predicted octanol–water partition coefficient (Wildman–Crippen LogP) is 6.64. The van der Waals surface area contributed by atoms with E-state index in [1.54, 1.807) is 6.07 Å². The number of rotatable bonds is 2. The van der Waals surface area contributed by atoms with Crippen LogP contribution in [0.3, 0.4) is 0 Å². The molecule has 0 fully saturated rings. The van der Waals surface area contributed by atoms with Crippen LogP contribution in [0.2, 0.25) is 0 Å². The van der Waals surface area contributed by atoms with Gasteiger partial charge in [-0.2, -0.15) is 0 Å². The molecule has 0 amide bonds. The van der Waals surface area contributed by atoms with Crippen molar-refractivity contribution in [3.8, 4) is 11.5 Å². The highest BCUT2D eigenvalue weighted by Crippen LogP contribution is 2.43. The van der Waals surface area contributed by atoms with Crippen molar-refractivity contribution in [3.63, 3.8) is 0 Å². The molecular weight excluding hydrogens is 362 g/mol. The Kier molecular flexibility index (Phi) is 4.38. The largest absolute Gasteiger partial charge is 0.505 e. The second-order valence-corrected chi connectivity index (χ2v) is 7.66. The van der Waals surface area contributed by atoms with E-state index < -0.39 is 0 Å². The van der Waals surface area contributed by atoms with Crippen LogP contribution in [0.4, 0.5) is 17.1 Å². The van der Waals surface area contributed by atoms with Gasteiger partial charge < -0.3 is 15.9 Å². The van der Waals surface area contributed by atoms with E-state index in [-0.39, 0.29) is 11.5 Å². The molecule has 4 aromatic rings. The van der Waals surface area contributed by atoms with Crippen molar-refractivity contribution in [2.24, 2.45) is 10.2 Å². The lowest BCUT2D eigenvalue weighted by Gasteiger charge is -2.11. The maximum absolute atomic E-state index is 10.8. The van der Waals surface area contributed by atoms with E-state index in [0.717, 1.165) is 38.4 Å². The molecule has 5 nitrogen and oxygen atoms in total. The number of nitrogen functional groups attached to an aromatic ring is 1. The SMILES string of the molecule is Cc1cc(C)c2c(O)c(N=Nc3c(C)cc4cc(C)cc(N)c4c3O)ccc2c1. The number of aryl methyl sites for hydroxylation is 4. The Labute approximate surface area is 169 Å². The number of benzene rings is 4. The molecule has 146 valence electrons. The zero-order valence-electron chi connectivity index (χ0n) is 16.9.